The fourth-order valence-electron chi connectivity index (χ4n) is 2.17. The van der Waals surface area contributed by atoms with Crippen molar-refractivity contribution in [3.8, 4) is 0 Å². The highest BCUT2D eigenvalue weighted by Gasteiger charge is 2.10. The maximum Gasteiger partial charge on any atom is 0.213 e. The van der Waals surface area contributed by atoms with Gasteiger partial charge in [0.2, 0.25) is 4.77 Å². The quantitative estimate of drug-likeness (QED) is 0.626. The van der Waals surface area contributed by atoms with Crippen molar-refractivity contribution in [3.05, 3.63) is 56.3 Å². The Morgan fingerprint density at radius 3 is 2.79 bits per heavy atom. The molecule has 6 heteroatoms. The van der Waals surface area contributed by atoms with Gasteiger partial charge in [-0.2, -0.15) is 0 Å². The summed E-state index contributed by atoms with van der Waals surface area (Å²) >= 11 is 4.91. The number of aromatic nitrogens is 4. The summed E-state index contributed by atoms with van der Waals surface area (Å²) in [6.07, 6.45) is 0.430. The molecule has 0 bridgehead atoms. The van der Waals surface area contributed by atoms with Gasteiger partial charge in [0.1, 0.15) is 5.82 Å². The van der Waals surface area contributed by atoms with Crippen LogP contribution in [-0.2, 0) is 6.42 Å². The smallest absolute Gasteiger partial charge is 0.213 e. The Balaban J connectivity index is 2.18. The average Bonchev–Trinajstić information content (AvgIpc) is 2.80. The first-order valence-electron chi connectivity index (χ1n) is 5.89. The monoisotopic (exact) mass is 272 g/mol. The van der Waals surface area contributed by atoms with Crippen LogP contribution in [0.3, 0.4) is 0 Å². The second-order valence-corrected chi connectivity index (χ2v) is 4.78. The van der Waals surface area contributed by atoms with E-state index in [4.69, 9.17) is 12.2 Å². The first-order valence-corrected chi connectivity index (χ1v) is 6.30. The first-order chi connectivity index (χ1) is 9.15. The van der Waals surface area contributed by atoms with Gasteiger partial charge in [-0.05, 0) is 31.3 Å². The van der Waals surface area contributed by atoms with E-state index < -0.39 is 0 Å². The standard InChI is InChI=1S/C13H12N4OS/c1-7-9(6-11-15-13(19)17-16-11)12(18)8-4-2-3-5-10(8)14-7/h2-5H,6H2,1H3,(H,14,18)(H2,15,16,17,19). The number of aromatic amines is 3. The normalized spacial score (nSPS) is 11.0. The lowest BCUT2D eigenvalue weighted by atomic mass is 10.1. The molecule has 2 heterocycles. The Hall–Kier alpha value is -2.21. The third-order valence-electron chi connectivity index (χ3n) is 3.12. The molecule has 3 aromatic rings. The average molecular weight is 272 g/mol. The van der Waals surface area contributed by atoms with Crippen LogP contribution in [0.4, 0.5) is 0 Å². The van der Waals surface area contributed by atoms with Gasteiger partial charge in [0.25, 0.3) is 0 Å². The highest BCUT2D eigenvalue weighted by Crippen LogP contribution is 2.12. The summed E-state index contributed by atoms with van der Waals surface area (Å²) in [5, 5.41) is 6.29. The largest absolute Gasteiger partial charge is 0.358 e. The predicted molar refractivity (Wildman–Crippen MR) is 75.9 cm³/mol. The van der Waals surface area contributed by atoms with Gasteiger partial charge in [-0.3, -0.25) is 15.0 Å². The summed E-state index contributed by atoms with van der Waals surface area (Å²) in [6, 6.07) is 7.49. The fourth-order valence-corrected chi connectivity index (χ4v) is 2.33. The van der Waals surface area contributed by atoms with Crippen molar-refractivity contribution in [3.63, 3.8) is 0 Å². The maximum atomic E-state index is 12.5. The Kier molecular flexibility index (Phi) is 2.79. The van der Waals surface area contributed by atoms with E-state index in [0.717, 1.165) is 11.2 Å². The number of aryl methyl sites for hydroxylation is 1. The van der Waals surface area contributed by atoms with Crippen molar-refractivity contribution in [2.45, 2.75) is 13.3 Å². The van der Waals surface area contributed by atoms with Gasteiger partial charge < -0.3 is 4.98 Å². The molecule has 0 saturated carbocycles. The van der Waals surface area contributed by atoms with Crippen molar-refractivity contribution in [1.82, 2.24) is 20.2 Å². The molecule has 5 nitrogen and oxygen atoms in total. The lowest BCUT2D eigenvalue weighted by Gasteiger charge is -2.06. The van der Waals surface area contributed by atoms with Crippen molar-refractivity contribution >= 4 is 23.1 Å². The van der Waals surface area contributed by atoms with Gasteiger partial charge in [0.05, 0.1) is 0 Å². The second-order valence-electron chi connectivity index (χ2n) is 4.39. The van der Waals surface area contributed by atoms with E-state index in [0.29, 0.717) is 28.0 Å². The predicted octanol–water partition coefficient (Wildman–Crippen LogP) is 2.21. The molecule has 2 aromatic heterocycles. The molecule has 0 aliphatic heterocycles. The Bertz CT molecular complexity index is 859. The van der Waals surface area contributed by atoms with E-state index in [9.17, 15) is 4.79 Å². The van der Waals surface area contributed by atoms with E-state index in [1.807, 2.05) is 31.2 Å². The fraction of sp³-hybridized carbons (Fsp3) is 0.154. The summed E-state index contributed by atoms with van der Waals surface area (Å²) in [5.74, 6) is 0.661. The zero-order valence-electron chi connectivity index (χ0n) is 10.3. The highest BCUT2D eigenvalue weighted by molar-refractivity contribution is 7.71. The van der Waals surface area contributed by atoms with Gasteiger partial charge in [-0.15, -0.1) is 0 Å². The molecule has 3 N–H and O–H groups in total. The van der Waals surface area contributed by atoms with Gasteiger partial charge in [0, 0.05) is 28.6 Å². The van der Waals surface area contributed by atoms with Crippen LogP contribution in [0.15, 0.2) is 29.1 Å². The maximum absolute atomic E-state index is 12.5. The number of hydrogen-bond donors (Lipinski definition) is 3. The number of fused-ring (bicyclic) bond motifs is 1. The number of hydrogen-bond acceptors (Lipinski definition) is 3. The minimum absolute atomic E-state index is 0.0363. The highest BCUT2D eigenvalue weighted by atomic mass is 32.1. The summed E-state index contributed by atoms with van der Waals surface area (Å²) in [7, 11) is 0. The lowest BCUT2D eigenvalue weighted by molar-refractivity contribution is 0.951. The number of rotatable bonds is 2. The van der Waals surface area contributed by atoms with Gasteiger partial charge >= 0.3 is 0 Å². The number of nitrogens with zero attached hydrogens (tertiary/aromatic N) is 1. The molecule has 1 aromatic carbocycles. The van der Waals surface area contributed by atoms with E-state index >= 15 is 0 Å². The van der Waals surface area contributed by atoms with Crippen LogP contribution in [-0.4, -0.2) is 20.2 Å². The zero-order chi connectivity index (χ0) is 13.4. The lowest BCUT2D eigenvalue weighted by Crippen LogP contribution is -2.14. The van der Waals surface area contributed by atoms with E-state index in [2.05, 4.69) is 20.2 Å². The third-order valence-corrected chi connectivity index (χ3v) is 3.31. The third kappa shape index (κ3) is 2.10. The van der Waals surface area contributed by atoms with Gasteiger partial charge in [-0.25, -0.2) is 4.98 Å². The molecule has 0 unspecified atom stereocenters. The molecule has 0 fully saturated rings. The Labute approximate surface area is 113 Å². The molecule has 0 atom stereocenters. The van der Waals surface area contributed by atoms with Gasteiger partial charge in [0.15, 0.2) is 5.43 Å². The molecule has 0 spiro atoms. The minimum Gasteiger partial charge on any atom is -0.358 e. The van der Waals surface area contributed by atoms with E-state index in [-0.39, 0.29) is 5.43 Å². The number of benzene rings is 1. The zero-order valence-corrected chi connectivity index (χ0v) is 11.1. The molecule has 0 amide bonds. The summed E-state index contributed by atoms with van der Waals surface area (Å²) in [4.78, 5) is 19.8. The molecular weight excluding hydrogens is 260 g/mol. The van der Waals surface area contributed by atoms with E-state index in [1.54, 1.807) is 0 Å². The SMILES string of the molecule is Cc1[nH]c2ccccc2c(=O)c1Cc1nc(=S)[nH][nH]1. The number of nitrogens with one attached hydrogen (secondary N) is 3. The van der Waals surface area contributed by atoms with Crippen LogP contribution in [0.1, 0.15) is 17.1 Å². The van der Waals surface area contributed by atoms with Crippen LogP contribution in [0.5, 0.6) is 0 Å². The topological polar surface area (TPSA) is 77.3 Å². The number of H-pyrrole nitrogens is 3. The van der Waals surface area contributed by atoms with Crippen LogP contribution >= 0.6 is 12.2 Å². The van der Waals surface area contributed by atoms with E-state index in [1.165, 1.54) is 0 Å². The Morgan fingerprint density at radius 2 is 2.05 bits per heavy atom. The molecule has 0 aliphatic rings. The molecule has 0 radical (unpaired) electrons. The summed E-state index contributed by atoms with van der Waals surface area (Å²) in [6.45, 7) is 1.89. The van der Waals surface area contributed by atoms with Crippen molar-refractivity contribution in [2.24, 2.45) is 0 Å². The molecule has 19 heavy (non-hydrogen) atoms. The molecule has 0 aliphatic carbocycles. The molecule has 3 rings (SSSR count). The number of para-hydroxylation sites is 1. The summed E-state index contributed by atoms with van der Waals surface area (Å²) in [5.41, 5.74) is 2.44. The van der Waals surface area contributed by atoms with Crippen LogP contribution < -0.4 is 5.43 Å². The van der Waals surface area contributed by atoms with Crippen LogP contribution in [0.2, 0.25) is 0 Å². The molecule has 0 saturated heterocycles. The molecule has 96 valence electrons. The summed E-state index contributed by atoms with van der Waals surface area (Å²) < 4.78 is 0.393. The van der Waals surface area contributed by atoms with Crippen molar-refractivity contribution in [2.75, 3.05) is 0 Å². The first kappa shape index (κ1) is 11.9. The van der Waals surface area contributed by atoms with Gasteiger partial charge in [-0.1, -0.05) is 12.1 Å². The van der Waals surface area contributed by atoms with Crippen LogP contribution in [0, 0.1) is 11.7 Å². The number of pyridine rings is 1. The van der Waals surface area contributed by atoms with Crippen molar-refractivity contribution in [1.29, 1.82) is 0 Å². The second kappa shape index (κ2) is 4.47. The van der Waals surface area contributed by atoms with Crippen LogP contribution in [0.25, 0.3) is 10.9 Å². The Morgan fingerprint density at radius 1 is 1.26 bits per heavy atom. The molecular formula is C13H12N4OS. The van der Waals surface area contributed by atoms with Crippen molar-refractivity contribution < 1.29 is 0 Å². The minimum atomic E-state index is 0.0363.